The van der Waals surface area contributed by atoms with E-state index in [1.165, 1.54) is 25.3 Å². The van der Waals surface area contributed by atoms with Gasteiger partial charge in [-0.05, 0) is 38.4 Å². The van der Waals surface area contributed by atoms with Crippen molar-refractivity contribution in [2.45, 2.75) is 44.6 Å². The Balaban J connectivity index is 1.60. The van der Waals surface area contributed by atoms with Crippen molar-refractivity contribution >= 4 is 0 Å². The zero-order valence-electron chi connectivity index (χ0n) is 13.2. The number of likely N-dealkylation sites (tertiary alicyclic amines) is 2. The normalized spacial score (nSPS) is 24.0. The summed E-state index contributed by atoms with van der Waals surface area (Å²) in [4.78, 5) is 4.78. The molecule has 0 bridgehead atoms. The van der Waals surface area contributed by atoms with E-state index < -0.39 is 6.36 Å². The SMILES string of the molecule is FC(F)(F)Oc1ccccc1CN1CC[C@@H](N2CCCCC2)C1. The molecular weight excluding hydrogens is 305 g/mol. The lowest BCUT2D eigenvalue weighted by atomic mass is 10.1. The van der Waals surface area contributed by atoms with E-state index in [0.29, 0.717) is 18.2 Å². The second-order valence-electron chi connectivity index (χ2n) is 6.43. The Morgan fingerprint density at radius 3 is 2.52 bits per heavy atom. The first-order valence-electron chi connectivity index (χ1n) is 8.31. The van der Waals surface area contributed by atoms with Gasteiger partial charge in [0.15, 0.2) is 0 Å². The van der Waals surface area contributed by atoms with Crippen LogP contribution in [0.1, 0.15) is 31.2 Å². The molecule has 0 radical (unpaired) electrons. The van der Waals surface area contributed by atoms with E-state index in [9.17, 15) is 13.2 Å². The first-order valence-corrected chi connectivity index (χ1v) is 8.31. The molecule has 23 heavy (non-hydrogen) atoms. The molecule has 0 amide bonds. The molecule has 0 N–H and O–H groups in total. The minimum absolute atomic E-state index is 0.0820. The summed E-state index contributed by atoms with van der Waals surface area (Å²) < 4.78 is 41.6. The highest BCUT2D eigenvalue weighted by Gasteiger charge is 2.33. The largest absolute Gasteiger partial charge is 0.573 e. The van der Waals surface area contributed by atoms with Gasteiger partial charge < -0.3 is 4.74 Å². The van der Waals surface area contributed by atoms with Crippen LogP contribution in [0.15, 0.2) is 24.3 Å². The maximum Gasteiger partial charge on any atom is 0.573 e. The molecular formula is C17H23F3N2O. The van der Waals surface area contributed by atoms with Crippen LogP contribution in [0.5, 0.6) is 5.75 Å². The number of hydrogen-bond donors (Lipinski definition) is 0. The van der Waals surface area contributed by atoms with Gasteiger partial charge in [-0.15, -0.1) is 13.2 Å². The monoisotopic (exact) mass is 328 g/mol. The highest BCUT2D eigenvalue weighted by molar-refractivity contribution is 5.33. The Hall–Kier alpha value is -1.27. The standard InChI is InChI=1S/C17H23F3N2O/c18-17(19,20)23-16-7-3-2-6-14(16)12-21-11-8-15(13-21)22-9-4-1-5-10-22/h2-3,6-7,15H,1,4-5,8-13H2/t15-/m1/s1. The lowest BCUT2D eigenvalue weighted by molar-refractivity contribution is -0.275. The summed E-state index contributed by atoms with van der Waals surface area (Å²) in [5.41, 5.74) is 0.601. The second-order valence-corrected chi connectivity index (χ2v) is 6.43. The number of benzene rings is 1. The highest BCUT2D eigenvalue weighted by Crippen LogP contribution is 2.28. The van der Waals surface area contributed by atoms with Gasteiger partial charge in [0.2, 0.25) is 0 Å². The molecule has 1 atom stereocenters. The zero-order chi connectivity index (χ0) is 16.3. The van der Waals surface area contributed by atoms with Crippen LogP contribution in [0.2, 0.25) is 0 Å². The third-order valence-corrected chi connectivity index (χ3v) is 4.75. The summed E-state index contributed by atoms with van der Waals surface area (Å²) in [7, 11) is 0. The first kappa shape index (κ1) is 16.6. The molecule has 0 spiro atoms. The fourth-order valence-electron chi connectivity index (χ4n) is 3.64. The van der Waals surface area contributed by atoms with Gasteiger partial charge in [-0.25, -0.2) is 0 Å². The number of halogens is 3. The number of nitrogens with zero attached hydrogens (tertiary/aromatic N) is 2. The topological polar surface area (TPSA) is 15.7 Å². The smallest absolute Gasteiger partial charge is 0.405 e. The predicted octanol–water partition coefficient (Wildman–Crippen LogP) is 3.65. The van der Waals surface area contributed by atoms with Crippen LogP contribution < -0.4 is 4.74 Å². The number of ether oxygens (including phenoxy) is 1. The summed E-state index contributed by atoms with van der Waals surface area (Å²) in [5.74, 6) is -0.0820. The minimum atomic E-state index is -4.64. The van der Waals surface area contributed by atoms with E-state index in [4.69, 9.17) is 0 Å². The molecule has 0 aromatic heterocycles. The summed E-state index contributed by atoms with van der Waals surface area (Å²) in [5, 5.41) is 0. The van der Waals surface area contributed by atoms with Crippen molar-refractivity contribution in [2.24, 2.45) is 0 Å². The summed E-state index contributed by atoms with van der Waals surface area (Å²) in [6, 6.07) is 6.99. The average Bonchev–Trinajstić information content (AvgIpc) is 2.97. The molecule has 3 nitrogen and oxygen atoms in total. The Labute approximate surface area is 135 Å². The van der Waals surface area contributed by atoms with E-state index in [-0.39, 0.29) is 5.75 Å². The van der Waals surface area contributed by atoms with Gasteiger partial charge in [0.05, 0.1) is 0 Å². The van der Waals surface area contributed by atoms with Gasteiger partial charge >= 0.3 is 6.36 Å². The molecule has 1 aromatic carbocycles. The second kappa shape index (κ2) is 7.09. The van der Waals surface area contributed by atoms with Crippen LogP contribution in [0.4, 0.5) is 13.2 Å². The van der Waals surface area contributed by atoms with Crippen molar-refractivity contribution < 1.29 is 17.9 Å². The molecule has 0 unspecified atom stereocenters. The lowest BCUT2D eigenvalue weighted by Gasteiger charge is -2.32. The molecule has 2 heterocycles. The van der Waals surface area contributed by atoms with Crippen LogP contribution in [-0.2, 0) is 6.54 Å². The quantitative estimate of drug-likeness (QED) is 0.839. The molecule has 2 aliphatic heterocycles. The minimum Gasteiger partial charge on any atom is -0.405 e. The van der Waals surface area contributed by atoms with Crippen molar-refractivity contribution in [3.63, 3.8) is 0 Å². The van der Waals surface area contributed by atoms with E-state index >= 15 is 0 Å². The van der Waals surface area contributed by atoms with Crippen LogP contribution in [-0.4, -0.2) is 48.4 Å². The van der Waals surface area contributed by atoms with Gasteiger partial charge in [-0.3, -0.25) is 9.80 Å². The molecule has 1 aromatic rings. The summed E-state index contributed by atoms with van der Waals surface area (Å²) in [6.07, 6.45) is 0.298. The number of alkyl halides is 3. The molecule has 2 fully saturated rings. The van der Waals surface area contributed by atoms with Crippen molar-refractivity contribution in [3.8, 4) is 5.75 Å². The third-order valence-electron chi connectivity index (χ3n) is 4.75. The molecule has 2 aliphatic rings. The zero-order valence-corrected chi connectivity index (χ0v) is 13.2. The maximum absolute atomic E-state index is 12.5. The van der Waals surface area contributed by atoms with Gasteiger partial charge in [0, 0.05) is 31.2 Å². The molecule has 3 rings (SSSR count). The fourth-order valence-corrected chi connectivity index (χ4v) is 3.64. The van der Waals surface area contributed by atoms with Gasteiger partial charge in [-0.1, -0.05) is 24.6 Å². The van der Waals surface area contributed by atoms with Crippen LogP contribution in [0.25, 0.3) is 0 Å². The van der Waals surface area contributed by atoms with Crippen molar-refractivity contribution in [3.05, 3.63) is 29.8 Å². The van der Waals surface area contributed by atoms with Gasteiger partial charge in [0.25, 0.3) is 0 Å². The fraction of sp³-hybridized carbons (Fsp3) is 0.647. The molecule has 0 aliphatic carbocycles. The number of para-hydroxylation sites is 1. The Bertz CT molecular complexity index is 515. The Morgan fingerprint density at radius 2 is 1.78 bits per heavy atom. The molecule has 2 saturated heterocycles. The van der Waals surface area contributed by atoms with E-state index in [1.807, 2.05) is 0 Å². The summed E-state index contributed by atoms with van der Waals surface area (Å²) >= 11 is 0. The summed E-state index contributed by atoms with van der Waals surface area (Å²) in [6.45, 7) is 4.69. The van der Waals surface area contributed by atoms with Crippen molar-refractivity contribution in [2.75, 3.05) is 26.2 Å². The molecule has 6 heteroatoms. The highest BCUT2D eigenvalue weighted by atomic mass is 19.4. The van der Waals surface area contributed by atoms with E-state index in [0.717, 1.165) is 32.6 Å². The van der Waals surface area contributed by atoms with E-state index in [1.54, 1.807) is 18.2 Å². The number of hydrogen-bond acceptors (Lipinski definition) is 3. The van der Waals surface area contributed by atoms with E-state index in [2.05, 4.69) is 14.5 Å². The van der Waals surface area contributed by atoms with Crippen LogP contribution in [0.3, 0.4) is 0 Å². The maximum atomic E-state index is 12.5. The Morgan fingerprint density at radius 1 is 1.04 bits per heavy atom. The number of piperidine rings is 1. The molecule has 128 valence electrons. The molecule has 0 saturated carbocycles. The average molecular weight is 328 g/mol. The van der Waals surface area contributed by atoms with Gasteiger partial charge in [0.1, 0.15) is 5.75 Å². The number of rotatable bonds is 4. The Kier molecular flexibility index (Phi) is 5.11. The first-order chi connectivity index (χ1) is 11.0. The van der Waals surface area contributed by atoms with Crippen molar-refractivity contribution in [1.29, 1.82) is 0 Å². The lowest BCUT2D eigenvalue weighted by Crippen LogP contribution is -2.40. The van der Waals surface area contributed by atoms with Crippen LogP contribution >= 0.6 is 0 Å². The van der Waals surface area contributed by atoms with Crippen LogP contribution in [0, 0.1) is 0 Å². The van der Waals surface area contributed by atoms with Crippen molar-refractivity contribution in [1.82, 2.24) is 9.80 Å². The van der Waals surface area contributed by atoms with Gasteiger partial charge in [-0.2, -0.15) is 0 Å². The third kappa shape index (κ3) is 4.61. The predicted molar refractivity (Wildman–Crippen MR) is 82.2 cm³/mol.